The molecule has 1 heterocycles. The first kappa shape index (κ1) is 14.8. The third-order valence-electron chi connectivity index (χ3n) is 3.40. The Morgan fingerprint density at radius 2 is 2.25 bits per heavy atom. The molecule has 6 heteroatoms. The Kier molecular flexibility index (Phi) is 4.60. The number of carbonyl (C=O) groups is 2. The summed E-state index contributed by atoms with van der Waals surface area (Å²) >= 11 is 5.90. The number of nitrogens with zero attached hydrogens (tertiary/aromatic N) is 1. The van der Waals surface area contributed by atoms with Crippen molar-refractivity contribution in [3.8, 4) is 0 Å². The fourth-order valence-corrected chi connectivity index (χ4v) is 2.61. The molecule has 2 rings (SSSR count). The van der Waals surface area contributed by atoms with E-state index in [1.165, 1.54) is 30.2 Å². The van der Waals surface area contributed by atoms with Gasteiger partial charge < -0.3 is 9.64 Å². The second kappa shape index (κ2) is 6.22. The number of likely N-dealkylation sites (tertiary alicyclic amines) is 1. The summed E-state index contributed by atoms with van der Waals surface area (Å²) < 4.78 is 17.7. The van der Waals surface area contributed by atoms with Gasteiger partial charge in [-0.2, -0.15) is 0 Å². The molecule has 0 unspecified atom stereocenters. The minimum atomic E-state index is -0.522. The van der Waals surface area contributed by atoms with Crippen LogP contribution in [-0.2, 0) is 20.7 Å². The van der Waals surface area contributed by atoms with Crippen LogP contribution in [0.2, 0.25) is 5.02 Å². The summed E-state index contributed by atoms with van der Waals surface area (Å²) in [6.45, 7) is 0.525. The summed E-state index contributed by atoms with van der Waals surface area (Å²) in [5, 5.41) is 0.215. The molecule has 0 aliphatic carbocycles. The Morgan fingerprint density at radius 3 is 2.90 bits per heavy atom. The zero-order valence-corrected chi connectivity index (χ0v) is 11.8. The van der Waals surface area contributed by atoms with Crippen LogP contribution in [0.25, 0.3) is 0 Å². The van der Waals surface area contributed by atoms with Gasteiger partial charge in [0.25, 0.3) is 0 Å². The van der Waals surface area contributed by atoms with E-state index in [0.29, 0.717) is 18.5 Å². The van der Waals surface area contributed by atoms with E-state index in [9.17, 15) is 14.0 Å². The van der Waals surface area contributed by atoms with E-state index in [1.807, 2.05) is 0 Å². The van der Waals surface area contributed by atoms with Gasteiger partial charge in [0.1, 0.15) is 11.9 Å². The molecule has 0 radical (unpaired) electrons. The van der Waals surface area contributed by atoms with Gasteiger partial charge in [0.2, 0.25) is 5.91 Å². The largest absolute Gasteiger partial charge is 0.467 e. The van der Waals surface area contributed by atoms with Gasteiger partial charge in [0.15, 0.2) is 0 Å². The number of rotatable bonds is 3. The monoisotopic (exact) mass is 299 g/mol. The van der Waals surface area contributed by atoms with Crippen molar-refractivity contribution in [1.82, 2.24) is 4.90 Å². The number of esters is 1. The molecule has 1 fully saturated rings. The maximum Gasteiger partial charge on any atom is 0.328 e. The highest BCUT2D eigenvalue weighted by atomic mass is 35.5. The third-order valence-corrected chi connectivity index (χ3v) is 3.76. The van der Waals surface area contributed by atoms with Gasteiger partial charge in [-0.05, 0) is 30.5 Å². The Labute approximate surface area is 121 Å². The molecule has 1 amide bonds. The van der Waals surface area contributed by atoms with Crippen molar-refractivity contribution in [2.24, 2.45) is 0 Å². The number of hydrogen-bond donors (Lipinski definition) is 0. The number of carbonyl (C=O) groups excluding carboxylic acids is 2. The number of methoxy groups -OCH3 is 1. The highest BCUT2D eigenvalue weighted by Crippen LogP contribution is 2.22. The van der Waals surface area contributed by atoms with Gasteiger partial charge in [-0.1, -0.05) is 17.7 Å². The molecule has 1 aliphatic rings. The Bertz CT molecular complexity index is 535. The van der Waals surface area contributed by atoms with Crippen LogP contribution < -0.4 is 0 Å². The topological polar surface area (TPSA) is 46.6 Å². The average molecular weight is 300 g/mol. The third kappa shape index (κ3) is 3.10. The molecule has 1 saturated heterocycles. The lowest BCUT2D eigenvalue weighted by molar-refractivity contribution is -0.150. The van der Waals surface area contributed by atoms with E-state index < -0.39 is 17.8 Å². The van der Waals surface area contributed by atoms with E-state index in [-0.39, 0.29) is 17.4 Å². The number of hydrogen-bond acceptors (Lipinski definition) is 3. The normalized spacial score (nSPS) is 18.1. The van der Waals surface area contributed by atoms with Crippen LogP contribution >= 0.6 is 11.6 Å². The summed E-state index contributed by atoms with van der Waals surface area (Å²) in [4.78, 5) is 25.4. The Morgan fingerprint density at radius 1 is 1.50 bits per heavy atom. The minimum absolute atomic E-state index is 0.0482. The van der Waals surface area contributed by atoms with Crippen LogP contribution in [0.1, 0.15) is 18.4 Å². The van der Waals surface area contributed by atoms with E-state index in [1.54, 1.807) is 0 Å². The first-order chi connectivity index (χ1) is 9.52. The van der Waals surface area contributed by atoms with Crippen molar-refractivity contribution in [1.29, 1.82) is 0 Å². The van der Waals surface area contributed by atoms with Crippen molar-refractivity contribution in [2.45, 2.75) is 25.3 Å². The molecular formula is C14H15ClFNO3. The van der Waals surface area contributed by atoms with E-state index >= 15 is 0 Å². The molecule has 0 N–H and O–H groups in total. The van der Waals surface area contributed by atoms with Crippen LogP contribution in [0.5, 0.6) is 0 Å². The lowest BCUT2D eigenvalue weighted by atomic mass is 10.1. The first-order valence-corrected chi connectivity index (χ1v) is 6.72. The molecular weight excluding hydrogens is 285 g/mol. The zero-order chi connectivity index (χ0) is 14.7. The molecule has 1 aromatic rings. The fourth-order valence-electron chi connectivity index (χ4n) is 2.38. The number of benzene rings is 1. The van der Waals surface area contributed by atoms with Crippen molar-refractivity contribution in [2.75, 3.05) is 13.7 Å². The van der Waals surface area contributed by atoms with Crippen LogP contribution in [0.3, 0.4) is 0 Å². The molecule has 0 bridgehead atoms. The summed E-state index contributed by atoms with van der Waals surface area (Å²) in [5.74, 6) is -1.05. The second-order valence-electron chi connectivity index (χ2n) is 4.68. The van der Waals surface area contributed by atoms with Crippen molar-refractivity contribution >= 4 is 23.5 Å². The average Bonchev–Trinajstić information content (AvgIpc) is 2.90. The number of ether oxygens (including phenoxy) is 1. The molecule has 1 aliphatic heterocycles. The van der Waals surface area contributed by atoms with Crippen LogP contribution in [0, 0.1) is 5.82 Å². The molecule has 1 atom stereocenters. The maximum atomic E-state index is 13.0. The van der Waals surface area contributed by atoms with Gasteiger partial charge in [-0.15, -0.1) is 0 Å². The molecule has 20 heavy (non-hydrogen) atoms. The molecule has 0 saturated carbocycles. The summed E-state index contributed by atoms with van der Waals surface area (Å²) in [6, 6.07) is 3.40. The van der Waals surface area contributed by atoms with Gasteiger partial charge in [-0.3, -0.25) is 4.79 Å². The van der Waals surface area contributed by atoms with Crippen molar-refractivity contribution in [3.05, 3.63) is 34.6 Å². The Balaban J connectivity index is 2.09. The summed E-state index contributed by atoms with van der Waals surface area (Å²) in [6.07, 6.45) is 1.42. The minimum Gasteiger partial charge on any atom is -0.467 e. The van der Waals surface area contributed by atoms with Crippen LogP contribution in [-0.4, -0.2) is 36.5 Å². The Hall–Kier alpha value is -1.62. The highest BCUT2D eigenvalue weighted by Gasteiger charge is 2.34. The number of halogens is 2. The van der Waals surface area contributed by atoms with E-state index in [0.717, 1.165) is 6.42 Å². The SMILES string of the molecule is COC(=O)[C@H]1CCCN1C(=O)Cc1ccc(F)cc1Cl. The molecule has 4 nitrogen and oxygen atoms in total. The molecule has 0 aromatic heterocycles. The van der Waals surface area contributed by atoms with Gasteiger partial charge in [0, 0.05) is 11.6 Å². The standard InChI is InChI=1S/C14H15ClFNO3/c1-20-14(19)12-3-2-6-17(12)13(18)7-9-4-5-10(16)8-11(9)15/h4-5,8,12H,2-3,6-7H2,1H3/t12-/m1/s1. The molecule has 1 aromatic carbocycles. The lowest BCUT2D eigenvalue weighted by Gasteiger charge is -2.22. The maximum absolute atomic E-state index is 13.0. The second-order valence-corrected chi connectivity index (χ2v) is 5.09. The van der Waals surface area contributed by atoms with Crippen molar-refractivity contribution in [3.63, 3.8) is 0 Å². The van der Waals surface area contributed by atoms with Gasteiger partial charge in [-0.25, -0.2) is 9.18 Å². The van der Waals surface area contributed by atoms with Crippen LogP contribution in [0.4, 0.5) is 4.39 Å². The number of amides is 1. The van der Waals surface area contributed by atoms with E-state index in [4.69, 9.17) is 16.3 Å². The first-order valence-electron chi connectivity index (χ1n) is 6.34. The predicted molar refractivity (Wildman–Crippen MR) is 71.9 cm³/mol. The zero-order valence-electron chi connectivity index (χ0n) is 11.1. The van der Waals surface area contributed by atoms with Gasteiger partial charge >= 0.3 is 5.97 Å². The lowest BCUT2D eigenvalue weighted by Crippen LogP contribution is -2.41. The molecule has 108 valence electrons. The highest BCUT2D eigenvalue weighted by molar-refractivity contribution is 6.31. The smallest absolute Gasteiger partial charge is 0.328 e. The summed E-state index contributed by atoms with van der Waals surface area (Å²) in [7, 11) is 1.31. The van der Waals surface area contributed by atoms with E-state index in [2.05, 4.69) is 0 Å². The molecule has 0 spiro atoms. The quantitative estimate of drug-likeness (QED) is 0.804. The fraction of sp³-hybridized carbons (Fsp3) is 0.429. The predicted octanol–water partition coefficient (Wildman–Crippen LogP) is 2.19. The van der Waals surface area contributed by atoms with Gasteiger partial charge in [0.05, 0.1) is 13.5 Å². The van der Waals surface area contributed by atoms with Crippen molar-refractivity contribution < 1.29 is 18.7 Å². The van der Waals surface area contributed by atoms with Crippen LogP contribution in [0.15, 0.2) is 18.2 Å². The summed E-state index contributed by atoms with van der Waals surface area (Å²) in [5.41, 5.74) is 0.550.